The van der Waals surface area contributed by atoms with E-state index in [-0.39, 0.29) is 24.4 Å². The Morgan fingerprint density at radius 1 is 1.35 bits per heavy atom. The van der Waals surface area contributed by atoms with Crippen molar-refractivity contribution in [1.82, 2.24) is 5.32 Å². The topological polar surface area (TPSA) is 47.6 Å². The van der Waals surface area contributed by atoms with Crippen molar-refractivity contribution in [2.45, 2.75) is 39.3 Å². The standard InChI is InChI=1S/C15H22FNO3/c1-5-19-14(18)15(4,17-11(2)3)10-20-13-8-6-12(16)7-9-13/h6-9,11,17H,5,10H2,1-4H3. The molecule has 112 valence electrons. The molecule has 0 fully saturated rings. The first-order valence-electron chi connectivity index (χ1n) is 6.70. The summed E-state index contributed by atoms with van der Waals surface area (Å²) in [6.45, 7) is 7.79. The van der Waals surface area contributed by atoms with Crippen LogP contribution in [0.2, 0.25) is 0 Å². The summed E-state index contributed by atoms with van der Waals surface area (Å²) < 4.78 is 23.5. The van der Waals surface area contributed by atoms with Gasteiger partial charge >= 0.3 is 5.97 Å². The second-order valence-corrected chi connectivity index (χ2v) is 5.09. The number of hydrogen-bond acceptors (Lipinski definition) is 4. The molecule has 1 unspecified atom stereocenters. The van der Waals surface area contributed by atoms with Gasteiger partial charge in [-0.15, -0.1) is 0 Å². The van der Waals surface area contributed by atoms with Gasteiger partial charge in [-0.3, -0.25) is 5.32 Å². The Balaban J connectivity index is 2.73. The first-order chi connectivity index (χ1) is 9.37. The Morgan fingerprint density at radius 2 is 1.95 bits per heavy atom. The summed E-state index contributed by atoms with van der Waals surface area (Å²) >= 11 is 0. The highest BCUT2D eigenvalue weighted by molar-refractivity contribution is 5.80. The smallest absolute Gasteiger partial charge is 0.329 e. The minimum absolute atomic E-state index is 0.0984. The number of benzene rings is 1. The van der Waals surface area contributed by atoms with Gasteiger partial charge in [0.25, 0.3) is 0 Å². The van der Waals surface area contributed by atoms with Crippen molar-refractivity contribution in [2.24, 2.45) is 0 Å². The third kappa shape index (κ3) is 4.81. The quantitative estimate of drug-likeness (QED) is 0.781. The van der Waals surface area contributed by atoms with E-state index >= 15 is 0 Å². The van der Waals surface area contributed by atoms with Gasteiger partial charge in [0.1, 0.15) is 23.7 Å². The molecule has 1 N–H and O–H groups in total. The molecule has 0 bridgehead atoms. The number of rotatable bonds is 7. The van der Waals surface area contributed by atoms with Crippen LogP contribution in [0.4, 0.5) is 4.39 Å². The van der Waals surface area contributed by atoms with Gasteiger partial charge in [0.2, 0.25) is 0 Å². The number of carbonyl (C=O) groups is 1. The molecule has 0 spiro atoms. The maximum atomic E-state index is 12.8. The maximum Gasteiger partial charge on any atom is 0.329 e. The van der Waals surface area contributed by atoms with E-state index in [9.17, 15) is 9.18 Å². The zero-order valence-electron chi connectivity index (χ0n) is 12.4. The zero-order chi connectivity index (χ0) is 15.2. The highest BCUT2D eigenvalue weighted by atomic mass is 19.1. The third-order valence-corrected chi connectivity index (χ3v) is 2.67. The van der Waals surface area contributed by atoms with E-state index in [2.05, 4.69) is 5.32 Å². The molecule has 0 radical (unpaired) electrons. The normalized spacial score (nSPS) is 13.9. The maximum absolute atomic E-state index is 12.8. The number of nitrogens with one attached hydrogen (secondary N) is 1. The summed E-state index contributed by atoms with van der Waals surface area (Å²) in [7, 11) is 0. The highest BCUT2D eigenvalue weighted by Crippen LogP contribution is 2.15. The highest BCUT2D eigenvalue weighted by Gasteiger charge is 2.36. The summed E-state index contributed by atoms with van der Waals surface area (Å²) in [6.07, 6.45) is 0. The second kappa shape index (κ2) is 7.24. The van der Waals surface area contributed by atoms with Crippen LogP contribution in [-0.2, 0) is 9.53 Å². The fourth-order valence-electron chi connectivity index (χ4n) is 1.85. The van der Waals surface area contributed by atoms with Crippen LogP contribution in [0.15, 0.2) is 24.3 Å². The first kappa shape index (κ1) is 16.4. The number of esters is 1. The van der Waals surface area contributed by atoms with Crippen molar-refractivity contribution in [3.63, 3.8) is 0 Å². The number of carbonyl (C=O) groups excluding carboxylic acids is 1. The van der Waals surface area contributed by atoms with Gasteiger partial charge in [-0.25, -0.2) is 9.18 Å². The van der Waals surface area contributed by atoms with Gasteiger partial charge in [-0.2, -0.15) is 0 Å². The third-order valence-electron chi connectivity index (χ3n) is 2.67. The first-order valence-corrected chi connectivity index (χ1v) is 6.70. The minimum Gasteiger partial charge on any atom is -0.491 e. The molecule has 0 aromatic heterocycles. The van der Waals surface area contributed by atoms with E-state index < -0.39 is 5.54 Å². The summed E-state index contributed by atoms with van der Waals surface area (Å²) in [5.41, 5.74) is -0.946. The molecule has 1 rings (SSSR count). The summed E-state index contributed by atoms with van der Waals surface area (Å²) in [5, 5.41) is 3.15. The van der Waals surface area contributed by atoms with E-state index in [0.29, 0.717) is 12.4 Å². The number of ether oxygens (including phenoxy) is 2. The monoisotopic (exact) mass is 283 g/mol. The lowest BCUT2D eigenvalue weighted by atomic mass is 10.0. The average molecular weight is 283 g/mol. The molecule has 1 atom stereocenters. The zero-order valence-corrected chi connectivity index (χ0v) is 12.4. The molecule has 0 aliphatic heterocycles. The van der Waals surface area contributed by atoms with Crippen LogP contribution in [0.1, 0.15) is 27.7 Å². The molecule has 20 heavy (non-hydrogen) atoms. The average Bonchev–Trinajstić information content (AvgIpc) is 2.37. The molecule has 1 aromatic rings. The molecule has 5 heteroatoms. The van der Waals surface area contributed by atoms with Crippen LogP contribution in [0, 0.1) is 5.82 Å². The SMILES string of the molecule is CCOC(=O)C(C)(COc1ccc(F)cc1)NC(C)C. The molecule has 0 saturated heterocycles. The van der Waals surface area contributed by atoms with Crippen molar-refractivity contribution in [3.8, 4) is 5.75 Å². The van der Waals surface area contributed by atoms with Crippen LogP contribution in [0.5, 0.6) is 5.75 Å². The van der Waals surface area contributed by atoms with Gasteiger partial charge in [0.15, 0.2) is 0 Å². The molecule has 4 nitrogen and oxygen atoms in total. The van der Waals surface area contributed by atoms with Crippen molar-refractivity contribution in [2.75, 3.05) is 13.2 Å². The molecule has 0 heterocycles. The van der Waals surface area contributed by atoms with E-state index in [1.807, 2.05) is 13.8 Å². The molecular formula is C15H22FNO3. The predicted octanol–water partition coefficient (Wildman–Crippen LogP) is 2.52. The van der Waals surface area contributed by atoms with E-state index in [1.54, 1.807) is 13.8 Å². The fraction of sp³-hybridized carbons (Fsp3) is 0.533. The summed E-state index contributed by atoms with van der Waals surface area (Å²) in [4.78, 5) is 12.1. The molecule has 0 saturated carbocycles. The van der Waals surface area contributed by atoms with Crippen molar-refractivity contribution >= 4 is 5.97 Å². The molecule has 0 aliphatic rings. The van der Waals surface area contributed by atoms with E-state index in [0.717, 1.165) is 0 Å². The minimum atomic E-state index is -0.946. The lowest BCUT2D eigenvalue weighted by Crippen LogP contribution is -2.57. The van der Waals surface area contributed by atoms with Crippen LogP contribution in [-0.4, -0.2) is 30.8 Å². The largest absolute Gasteiger partial charge is 0.491 e. The Bertz CT molecular complexity index is 433. The summed E-state index contributed by atoms with van der Waals surface area (Å²) in [6, 6.07) is 5.77. The Morgan fingerprint density at radius 3 is 2.45 bits per heavy atom. The fourth-order valence-corrected chi connectivity index (χ4v) is 1.85. The summed E-state index contributed by atoms with van der Waals surface area (Å²) in [5.74, 6) is -0.186. The molecule has 0 amide bonds. The van der Waals surface area contributed by atoms with Gasteiger partial charge in [0.05, 0.1) is 6.61 Å². The van der Waals surface area contributed by atoms with Crippen LogP contribution in [0.25, 0.3) is 0 Å². The van der Waals surface area contributed by atoms with Gasteiger partial charge in [-0.1, -0.05) is 0 Å². The number of halogens is 1. The Labute approximate surface area is 119 Å². The van der Waals surface area contributed by atoms with Gasteiger partial charge < -0.3 is 9.47 Å². The van der Waals surface area contributed by atoms with Gasteiger partial charge in [-0.05, 0) is 52.0 Å². The van der Waals surface area contributed by atoms with Crippen molar-refractivity contribution < 1.29 is 18.7 Å². The van der Waals surface area contributed by atoms with Gasteiger partial charge in [0, 0.05) is 6.04 Å². The predicted molar refractivity (Wildman–Crippen MR) is 75.2 cm³/mol. The van der Waals surface area contributed by atoms with E-state index in [4.69, 9.17) is 9.47 Å². The number of hydrogen-bond donors (Lipinski definition) is 1. The van der Waals surface area contributed by atoms with Crippen LogP contribution in [0.3, 0.4) is 0 Å². The molecular weight excluding hydrogens is 261 g/mol. The lowest BCUT2D eigenvalue weighted by Gasteiger charge is -2.30. The van der Waals surface area contributed by atoms with Crippen molar-refractivity contribution in [3.05, 3.63) is 30.1 Å². The Kier molecular flexibility index (Phi) is 5.95. The molecule has 0 aliphatic carbocycles. The van der Waals surface area contributed by atoms with Crippen LogP contribution >= 0.6 is 0 Å². The van der Waals surface area contributed by atoms with Crippen LogP contribution < -0.4 is 10.1 Å². The second-order valence-electron chi connectivity index (χ2n) is 5.09. The lowest BCUT2D eigenvalue weighted by molar-refractivity contribution is -0.152. The van der Waals surface area contributed by atoms with Crippen molar-refractivity contribution in [1.29, 1.82) is 0 Å². The molecule has 1 aromatic carbocycles. The Hall–Kier alpha value is -1.62. The van der Waals surface area contributed by atoms with E-state index in [1.165, 1.54) is 24.3 Å².